The predicted octanol–water partition coefficient (Wildman–Crippen LogP) is 6.60. The molecular formula is C38H43Cl2N5O3. The number of nitrogens with zero attached hydrogens (tertiary/aromatic N) is 3. The fraction of sp³-hybridized carbons (Fsp3) is 0.395. The lowest BCUT2D eigenvalue weighted by molar-refractivity contribution is -0.127. The van der Waals surface area contributed by atoms with Crippen molar-refractivity contribution in [1.29, 1.82) is 0 Å². The van der Waals surface area contributed by atoms with E-state index in [1.807, 2.05) is 72.6 Å². The first-order valence-electron chi connectivity index (χ1n) is 16.8. The molecule has 10 heteroatoms. The zero-order valence-corrected chi connectivity index (χ0v) is 29.1. The van der Waals surface area contributed by atoms with Crippen molar-refractivity contribution in [3.63, 3.8) is 0 Å². The van der Waals surface area contributed by atoms with Gasteiger partial charge in [-0.15, -0.1) is 0 Å². The number of nitrogens with one attached hydrogen (secondary N) is 2. The minimum absolute atomic E-state index is 0.0123. The molecule has 3 amide bonds. The van der Waals surface area contributed by atoms with Gasteiger partial charge in [-0.2, -0.15) is 0 Å². The van der Waals surface area contributed by atoms with Crippen molar-refractivity contribution < 1.29 is 14.4 Å². The van der Waals surface area contributed by atoms with Crippen molar-refractivity contribution in [1.82, 2.24) is 20.1 Å². The third-order valence-electron chi connectivity index (χ3n) is 9.66. The van der Waals surface area contributed by atoms with Crippen LogP contribution < -0.4 is 10.2 Å². The van der Waals surface area contributed by atoms with E-state index < -0.39 is 6.04 Å². The molecule has 2 aliphatic rings. The molecule has 0 bridgehead atoms. The third-order valence-corrected chi connectivity index (χ3v) is 10.1. The van der Waals surface area contributed by atoms with E-state index in [1.165, 1.54) is 0 Å². The Bertz CT molecular complexity index is 1780. The van der Waals surface area contributed by atoms with Crippen molar-refractivity contribution in [2.75, 3.05) is 45.2 Å². The molecular weight excluding hydrogens is 645 g/mol. The maximum absolute atomic E-state index is 14.5. The number of aromatic amines is 1. The van der Waals surface area contributed by atoms with Crippen molar-refractivity contribution in [2.24, 2.45) is 11.8 Å². The van der Waals surface area contributed by atoms with Gasteiger partial charge in [-0.25, -0.2) is 0 Å². The largest absolute Gasteiger partial charge is 0.361 e. The number of H-pyrrole nitrogens is 1. The Morgan fingerprint density at radius 3 is 2.50 bits per heavy atom. The molecule has 2 aliphatic heterocycles. The molecule has 4 aromatic rings. The normalized spacial score (nSPS) is 17.4. The molecule has 0 unspecified atom stereocenters. The smallest absolute Gasteiger partial charge is 0.253 e. The summed E-state index contributed by atoms with van der Waals surface area (Å²) in [6, 6.07) is 20.0. The first-order chi connectivity index (χ1) is 23.1. The second kappa shape index (κ2) is 15.1. The van der Waals surface area contributed by atoms with Crippen LogP contribution in [0.2, 0.25) is 10.0 Å². The molecule has 2 N–H and O–H groups in total. The second-order valence-corrected chi connectivity index (χ2v) is 14.4. The van der Waals surface area contributed by atoms with Crippen molar-refractivity contribution in [3.05, 3.63) is 99.7 Å². The number of fused-ring (bicyclic) bond motifs is 2. The predicted molar refractivity (Wildman–Crippen MR) is 193 cm³/mol. The van der Waals surface area contributed by atoms with E-state index in [0.29, 0.717) is 60.4 Å². The maximum atomic E-state index is 14.5. The Balaban J connectivity index is 1.14. The third kappa shape index (κ3) is 8.05. The summed E-state index contributed by atoms with van der Waals surface area (Å²) in [5, 5.41) is 5.39. The standard InChI is InChI=1S/C38H43Cl2N5O3/c1-43(2)23-26-18-28-20-31(40)11-12-35(28)45(24-26)38(48)34(21-29-22-41-33-9-4-3-8-32(29)33)42-36(46)13-10-25-14-16-44(17-15-25)37(47)27-6-5-7-30(39)19-27/h3-9,11-12,19-20,22,25-26,34,41H,10,13-18,21,23-24H2,1-2H3,(H,42,46)/t26-,34-/m1/s1. The Morgan fingerprint density at radius 2 is 1.73 bits per heavy atom. The molecule has 0 spiro atoms. The fourth-order valence-electron chi connectivity index (χ4n) is 7.30. The number of hydrogen-bond donors (Lipinski definition) is 2. The Kier molecular flexibility index (Phi) is 10.7. The number of para-hydroxylation sites is 1. The van der Waals surface area contributed by atoms with Gasteiger partial charge in [0.05, 0.1) is 0 Å². The van der Waals surface area contributed by atoms with Crippen LogP contribution >= 0.6 is 23.2 Å². The monoisotopic (exact) mass is 687 g/mol. The van der Waals surface area contributed by atoms with Gasteiger partial charge in [-0.05, 0) is 105 Å². The quantitative estimate of drug-likeness (QED) is 0.197. The van der Waals surface area contributed by atoms with Gasteiger partial charge in [0.1, 0.15) is 6.04 Å². The molecule has 0 radical (unpaired) electrons. The zero-order chi connectivity index (χ0) is 33.8. The summed E-state index contributed by atoms with van der Waals surface area (Å²) in [4.78, 5) is 50.3. The summed E-state index contributed by atoms with van der Waals surface area (Å²) < 4.78 is 0. The first kappa shape index (κ1) is 34.0. The number of likely N-dealkylation sites (tertiary alicyclic amines) is 1. The fourth-order valence-corrected chi connectivity index (χ4v) is 7.68. The van der Waals surface area contributed by atoms with E-state index >= 15 is 0 Å². The molecule has 2 atom stereocenters. The van der Waals surface area contributed by atoms with Gasteiger partial charge in [-0.3, -0.25) is 14.4 Å². The molecule has 3 heterocycles. The number of hydrogen-bond acceptors (Lipinski definition) is 4. The van der Waals surface area contributed by atoms with Crippen LogP contribution in [0.3, 0.4) is 0 Å². The van der Waals surface area contributed by atoms with Gasteiger partial charge in [0.2, 0.25) is 11.8 Å². The lowest BCUT2D eigenvalue weighted by Gasteiger charge is -2.37. The van der Waals surface area contributed by atoms with Crippen LogP contribution in [-0.4, -0.2) is 78.8 Å². The molecule has 1 saturated heterocycles. The van der Waals surface area contributed by atoms with E-state index in [-0.39, 0.29) is 23.6 Å². The second-order valence-electron chi connectivity index (χ2n) is 13.5. The van der Waals surface area contributed by atoms with Gasteiger partial charge >= 0.3 is 0 Å². The molecule has 48 heavy (non-hydrogen) atoms. The Morgan fingerprint density at radius 1 is 0.958 bits per heavy atom. The Labute approximate surface area is 292 Å². The highest BCUT2D eigenvalue weighted by molar-refractivity contribution is 6.31. The minimum Gasteiger partial charge on any atom is -0.361 e. The molecule has 0 aliphatic carbocycles. The molecule has 6 rings (SSSR count). The topological polar surface area (TPSA) is 88.8 Å². The van der Waals surface area contributed by atoms with Gasteiger partial charge in [0, 0.05) is 77.4 Å². The minimum atomic E-state index is -0.740. The van der Waals surface area contributed by atoms with E-state index in [1.54, 1.807) is 24.3 Å². The van der Waals surface area contributed by atoms with Gasteiger partial charge in [0.25, 0.3) is 5.91 Å². The molecule has 8 nitrogen and oxygen atoms in total. The summed E-state index contributed by atoms with van der Waals surface area (Å²) in [7, 11) is 4.08. The maximum Gasteiger partial charge on any atom is 0.253 e. The number of anilines is 1. The number of halogens is 2. The van der Waals surface area contributed by atoms with Crippen molar-refractivity contribution >= 4 is 57.5 Å². The van der Waals surface area contributed by atoms with Crippen molar-refractivity contribution in [2.45, 2.75) is 44.6 Å². The lowest BCUT2D eigenvalue weighted by atomic mass is 9.90. The lowest BCUT2D eigenvalue weighted by Crippen LogP contribution is -2.53. The van der Waals surface area contributed by atoms with Gasteiger partial charge < -0.3 is 25.0 Å². The highest BCUT2D eigenvalue weighted by Crippen LogP contribution is 2.33. The number of amides is 3. The number of aromatic nitrogens is 1. The van der Waals surface area contributed by atoms with Crippen LogP contribution in [0.1, 0.15) is 47.2 Å². The number of carbonyl (C=O) groups excluding carboxylic acids is 3. The van der Waals surface area contributed by atoms with E-state index in [2.05, 4.69) is 15.2 Å². The summed E-state index contributed by atoms with van der Waals surface area (Å²) >= 11 is 12.5. The summed E-state index contributed by atoms with van der Waals surface area (Å²) in [6.07, 6.45) is 5.83. The Hall–Kier alpha value is -3.85. The number of piperidine rings is 1. The van der Waals surface area contributed by atoms with E-state index in [0.717, 1.165) is 53.5 Å². The average Bonchev–Trinajstić information content (AvgIpc) is 3.48. The number of carbonyl (C=O) groups is 3. The van der Waals surface area contributed by atoms with Crippen LogP contribution in [0, 0.1) is 11.8 Å². The first-order valence-corrected chi connectivity index (χ1v) is 17.5. The van der Waals surface area contributed by atoms with E-state index in [4.69, 9.17) is 23.2 Å². The highest BCUT2D eigenvalue weighted by atomic mass is 35.5. The molecule has 252 valence electrons. The van der Waals surface area contributed by atoms with Crippen LogP contribution in [0.15, 0.2) is 72.9 Å². The summed E-state index contributed by atoms with van der Waals surface area (Å²) in [5.41, 5.74) is 4.48. The van der Waals surface area contributed by atoms with Crippen molar-refractivity contribution in [3.8, 4) is 0 Å². The average molecular weight is 689 g/mol. The zero-order valence-electron chi connectivity index (χ0n) is 27.6. The number of rotatable bonds is 10. The highest BCUT2D eigenvalue weighted by Gasteiger charge is 2.34. The van der Waals surface area contributed by atoms with E-state index in [9.17, 15) is 14.4 Å². The molecule has 1 fully saturated rings. The molecule has 1 aromatic heterocycles. The molecule has 3 aromatic carbocycles. The summed E-state index contributed by atoms with van der Waals surface area (Å²) in [6.45, 7) is 2.69. The van der Waals surface area contributed by atoms with Crippen LogP contribution in [0.4, 0.5) is 5.69 Å². The van der Waals surface area contributed by atoms with Gasteiger partial charge in [-0.1, -0.05) is 47.5 Å². The van der Waals surface area contributed by atoms with Crippen LogP contribution in [-0.2, 0) is 22.4 Å². The molecule has 0 saturated carbocycles. The van der Waals surface area contributed by atoms with Gasteiger partial charge in [0.15, 0.2) is 0 Å². The SMILES string of the molecule is CN(C)C[C@H]1Cc2cc(Cl)ccc2N(C(=O)[C@@H](Cc2c[nH]c3ccccc23)NC(=O)CCC2CCN(C(=O)c3cccc(Cl)c3)CC2)C1. The van der Waals surface area contributed by atoms with Crippen LogP contribution in [0.25, 0.3) is 10.9 Å². The van der Waals surface area contributed by atoms with Crippen LogP contribution in [0.5, 0.6) is 0 Å². The summed E-state index contributed by atoms with van der Waals surface area (Å²) in [5.74, 6) is 0.294. The number of benzene rings is 3.